The molecule has 2 rings (SSSR count). The van der Waals surface area contributed by atoms with E-state index in [9.17, 15) is 9.59 Å². The van der Waals surface area contributed by atoms with Gasteiger partial charge in [-0.2, -0.15) is 0 Å². The second-order valence-electron chi connectivity index (χ2n) is 4.75. The van der Waals surface area contributed by atoms with E-state index in [1.54, 1.807) is 12.1 Å². The number of hydrogen-bond acceptors (Lipinski definition) is 5. The van der Waals surface area contributed by atoms with Crippen molar-refractivity contribution < 1.29 is 19.1 Å². The van der Waals surface area contributed by atoms with Gasteiger partial charge in [-0.25, -0.2) is 0 Å². The van der Waals surface area contributed by atoms with Crippen LogP contribution < -0.4 is 14.8 Å². The molecule has 1 heterocycles. The summed E-state index contributed by atoms with van der Waals surface area (Å²) in [7, 11) is 2.96. The number of carbonyl (C=O) groups is 2. The Bertz CT molecular complexity index is 761. The van der Waals surface area contributed by atoms with E-state index in [0.29, 0.717) is 22.1 Å². The van der Waals surface area contributed by atoms with Crippen LogP contribution in [0, 0.1) is 0 Å². The largest absolute Gasteiger partial charge is 0.493 e. The van der Waals surface area contributed by atoms with Gasteiger partial charge in [0.25, 0.3) is 11.8 Å². The maximum atomic E-state index is 12.5. The lowest BCUT2D eigenvalue weighted by Gasteiger charge is -2.27. The van der Waals surface area contributed by atoms with E-state index in [-0.39, 0.29) is 17.2 Å². The van der Waals surface area contributed by atoms with Crippen molar-refractivity contribution >= 4 is 46.8 Å². The van der Waals surface area contributed by atoms with E-state index < -0.39 is 11.8 Å². The Hall–Kier alpha value is -2.38. The first-order chi connectivity index (χ1) is 11.4. The van der Waals surface area contributed by atoms with Gasteiger partial charge in [-0.15, -0.1) is 6.58 Å². The summed E-state index contributed by atoms with van der Waals surface area (Å²) < 4.78 is 10.4. The predicted octanol–water partition coefficient (Wildman–Crippen LogP) is 2.17. The molecule has 1 N–H and O–H groups in total. The zero-order valence-corrected chi connectivity index (χ0v) is 14.7. The summed E-state index contributed by atoms with van der Waals surface area (Å²) in [5.41, 5.74) is 0.360. The molecule has 1 aromatic rings. The molecule has 2 amide bonds. The molecule has 0 spiro atoms. The monoisotopic (exact) mass is 366 g/mol. The van der Waals surface area contributed by atoms with Gasteiger partial charge in [0.15, 0.2) is 16.6 Å². The zero-order valence-electron chi connectivity index (χ0n) is 13.1. The van der Waals surface area contributed by atoms with Gasteiger partial charge in [-0.05, 0) is 29.9 Å². The number of thiocarbonyl (C=S) groups is 1. The average Bonchev–Trinajstić information content (AvgIpc) is 2.56. The number of ether oxygens (including phenoxy) is 2. The maximum absolute atomic E-state index is 12.5. The summed E-state index contributed by atoms with van der Waals surface area (Å²) in [5.74, 6) is -0.236. The molecule has 0 aliphatic carbocycles. The van der Waals surface area contributed by atoms with Gasteiger partial charge in [0.1, 0.15) is 5.57 Å². The van der Waals surface area contributed by atoms with Crippen LogP contribution in [-0.4, -0.2) is 42.6 Å². The van der Waals surface area contributed by atoms with E-state index in [1.807, 2.05) is 0 Å². The Labute approximate surface area is 149 Å². The third-order valence-corrected chi connectivity index (χ3v) is 3.95. The molecule has 1 aliphatic rings. The van der Waals surface area contributed by atoms with Crippen molar-refractivity contribution in [1.29, 1.82) is 0 Å². The molecule has 0 atom stereocenters. The minimum Gasteiger partial charge on any atom is -0.493 e. The first-order valence-electron chi connectivity index (χ1n) is 6.84. The molecular formula is C16H15ClN2O4S. The van der Waals surface area contributed by atoms with Gasteiger partial charge in [-0.1, -0.05) is 17.7 Å². The zero-order chi connectivity index (χ0) is 17.9. The number of halogens is 1. The highest BCUT2D eigenvalue weighted by molar-refractivity contribution is 7.80. The fourth-order valence-electron chi connectivity index (χ4n) is 2.12. The lowest BCUT2D eigenvalue weighted by atomic mass is 10.1. The summed E-state index contributed by atoms with van der Waals surface area (Å²) in [5, 5.41) is 2.82. The van der Waals surface area contributed by atoms with E-state index in [4.69, 9.17) is 33.3 Å². The van der Waals surface area contributed by atoms with Crippen molar-refractivity contribution in [3.05, 3.63) is 40.9 Å². The van der Waals surface area contributed by atoms with Gasteiger partial charge < -0.3 is 9.47 Å². The molecule has 6 nitrogen and oxygen atoms in total. The van der Waals surface area contributed by atoms with Crippen LogP contribution in [0.25, 0.3) is 6.08 Å². The number of carbonyl (C=O) groups excluding carboxylic acids is 2. The topological polar surface area (TPSA) is 67.9 Å². The number of amides is 2. The second kappa shape index (κ2) is 7.46. The van der Waals surface area contributed by atoms with Gasteiger partial charge in [0.05, 0.1) is 19.2 Å². The molecule has 0 aromatic heterocycles. The van der Waals surface area contributed by atoms with Gasteiger partial charge >= 0.3 is 0 Å². The second-order valence-corrected chi connectivity index (χ2v) is 5.54. The van der Waals surface area contributed by atoms with Crippen molar-refractivity contribution in [2.75, 3.05) is 20.8 Å². The molecule has 1 fully saturated rings. The van der Waals surface area contributed by atoms with Crippen LogP contribution in [0.4, 0.5) is 0 Å². The fourth-order valence-corrected chi connectivity index (χ4v) is 2.58. The van der Waals surface area contributed by atoms with E-state index in [2.05, 4.69) is 11.9 Å². The number of benzene rings is 1. The molecule has 0 unspecified atom stereocenters. The standard InChI is InChI=1S/C16H15ClN2O4S/c1-4-5-19-15(21)10(14(20)18-16(19)24)6-9-7-12(22-2)13(23-3)8-11(9)17/h4,6-8H,1,5H2,2-3H3,(H,18,20,24). The Balaban J connectivity index is 2.49. The Morgan fingerprint density at radius 1 is 1.29 bits per heavy atom. The van der Waals surface area contributed by atoms with E-state index in [1.165, 1.54) is 31.3 Å². The van der Waals surface area contributed by atoms with E-state index >= 15 is 0 Å². The number of nitrogens with one attached hydrogen (secondary N) is 1. The summed E-state index contributed by atoms with van der Waals surface area (Å²) in [6.07, 6.45) is 2.91. The van der Waals surface area contributed by atoms with Crippen LogP contribution in [0.2, 0.25) is 5.02 Å². The molecule has 1 aliphatic heterocycles. The lowest BCUT2D eigenvalue weighted by Crippen LogP contribution is -2.53. The SMILES string of the molecule is C=CCN1C(=O)C(=Cc2cc(OC)c(OC)cc2Cl)C(=O)NC1=S. The molecule has 0 saturated carbocycles. The molecule has 1 saturated heterocycles. The van der Waals surface area contributed by atoms with Crippen LogP contribution in [0.3, 0.4) is 0 Å². The van der Waals surface area contributed by atoms with Crippen LogP contribution >= 0.6 is 23.8 Å². The van der Waals surface area contributed by atoms with E-state index in [0.717, 1.165) is 0 Å². The first kappa shape index (κ1) is 18.0. The third kappa shape index (κ3) is 3.42. The van der Waals surface area contributed by atoms with Crippen LogP contribution in [-0.2, 0) is 9.59 Å². The highest BCUT2D eigenvalue weighted by atomic mass is 35.5. The smallest absolute Gasteiger partial charge is 0.265 e. The van der Waals surface area contributed by atoms with Crippen molar-refractivity contribution in [2.45, 2.75) is 0 Å². The molecule has 0 bridgehead atoms. The van der Waals surface area contributed by atoms with Crippen LogP contribution in [0.15, 0.2) is 30.4 Å². The van der Waals surface area contributed by atoms with Crippen molar-refractivity contribution in [3.63, 3.8) is 0 Å². The lowest BCUT2D eigenvalue weighted by molar-refractivity contribution is -0.128. The van der Waals surface area contributed by atoms with Gasteiger partial charge in [0, 0.05) is 12.6 Å². The molecule has 126 valence electrons. The Morgan fingerprint density at radius 2 is 1.92 bits per heavy atom. The molecular weight excluding hydrogens is 352 g/mol. The Kier molecular flexibility index (Phi) is 5.58. The number of nitrogens with zero attached hydrogens (tertiary/aromatic N) is 1. The van der Waals surface area contributed by atoms with Crippen molar-refractivity contribution in [2.24, 2.45) is 0 Å². The fraction of sp³-hybridized carbons (Fsp3) is 0.188. The maximum Gasteiger partial charge on any atom is 0.265 e. The summed E-state index contributed by atoms with van der Waals surface area (Å²) in [4.78, 5) is 25.9. The minimum atomic E-state index is -0.587. The number of rotatable bonds is 5. The highest BCUT2D eigenvalue weighted by Gasteiger charge is 2.32. The summed E-state index contributed by atoms with van der Waals surface area (Å²) >= 11 is 11.2. The predicted molar refractivity (Wildman–Crippen MR) is 95.2 cm³/mol. The number of hydrogen-bond donors (Lipinski definition) is 1. The molecule has 0 radical (unpaired) electrons. The first-order valence-corrected chi connectivity index (χ1v) is 7.62. The van der Waals surface area contributed by atoms with Crippen LogP contribution in [0.5, 0.6) is 11.5 Å². The Morgan fingerprint density at radius 3 is 2.50 bits per heavy atom. The summed E-state index contributed by atoms with van der Waals surface area (Å²) in [6, 6.07) is 3.13. The van der Waals surface area contributed by atoms with Gasteiger partial charge in [-0.3, -0.25) is 19.8 Å². The molecule has 1 aromatic carbocycles. The minimum absolute atomic E-state index is 0.0421. The average molecular weight is 367 g/mol. The van der Waals surface area contributed by atoms with Gasteiger partial charge in [0.2, 0.25) is 0 Å². The third-order valence-electron chi connectivity index (χ3n) is 3.30. The van der Waals surface area contributed by atoms with Crippen molar-refractivity contribution in [3.8, 4) is 11.5 Å². The number of methoxy groups -OCH3 is 2. The quantitative estimate of drug-likeness (QED) is 0.374. The van der Waals surface area contributed by atoms with Crippen molar-refractivity contribution in [1.82, 2.24) is 10.2 Å². The molecule has 24 heavy (non-hydrogen) atoms. The van der Waals surface area contributed by atoms with Crippen LogP contribution in [0.1, 0.15) is 5.56 Å². The highest BCUT2D eigenvalue weighted by Crippen LogP contribution is 2.34. The molecule has 8 heteroatoms. The summed E-state index contributed by atoms with van der Waals surface area (Å²) in [6.45, 7) is 3.76. The normalized spacial score (nSPS) is 16.2.